The Morgan fingerprint density at radius 2 is 1.17 bits per heavy atom. The van der Waals surface area contributed by atoms with Crippen LogP contribution in [0.25, 0.3) is 50.5 Å². The fourth-order valence-electron chi connectivity index (χ4n) is 8.03. The molecule has 2 aliphatic heterocycles. The summed E-state index contributed by atoms with van der Waals surface area (Å²) in [7, 11) is 0. The zero-order chi connectivity index (χ0) is 35.2. The molecule has 0 bridgehead atoms. The SMILES string of the molecule is CC1(C)N=C(c2cccc3c2c2ccccc2n3-c2nc(-c3ccccc3)nc(-c3ccccc3)n2)N2c3ccccc3C(C)(C)c3ncnc1c32. The van der Waals surface area contributed by atoms with Gasteiger partial charge in [0.05, 0.1) is 33.8 Å². The van der Waals surface area contributed by atoms with Crippen LogP contribution in [0.3, 0.4) is 0 Å². The van der Waals surface area contributed by atoms with Crippen molar-refractivity contribution >= 4 is 39.0 Å². The van der Waals surface area contributed by atoms with Crippen LogP contribution >= 0.6 is 0 Å². The maximum atomic E-state index is 5.55. The summed E-state index contributed by atoms with van der Waals surface area (Å²) in [4.78, 5) is 32.9. The van der Waals surface area contributed by atoms with Crippen molar-refractivity contribution in [1.82, 2.24) is 29.5 Å². The van der Waals surface area contributed by atoms with E-state index in [0.717, 1.165) is 67.1 Å². The number of benzene rings is 5. The van der Waals surface area contributed by atoms with Crippen LogP contribution in [0, 0.1) is 0 Å². The number of nitrogens with zero attached hydrogens (tertiary/aromatic N) is 8. The third kappa shape index (κ3) is 4.33. The second-order valence-electron chi connectivity index (χ2n) is 14.5. The summed E-state index contributed by atoms with van der Waals surface area (Å²) >= 11 is 0. The van der Waals surface area contributed by atoms with E-state index in [4.69, 9.17) is 29.9 Å². The summed E-state index contributed by atoms with van der Waals surface area (Å²) in [6.07, 6.45) is 1.70. The Kier molecular flexibility index (Phi) is 6.40. The van der Waals surface area contributed by atoms with Crippen LogP contribution in [0.15, 0.2) is 139 Å². The molecule has 3 aromatic heterocycles. The highest BCUT2D eigenvalue weighted by molar-refractivity contribution is 6.26. The van der Waals surface area contributed by atoms with Crippen LogP contribution in [0.1, 0.15) is 50.2 Å². The fraction of sp³-hybridized carbons (Fsp3) is 0.136. The number of para-hydroxylation sites is 2. The maximum Gasteiger partial charge on any atom is 0.238 e. The van der Waals surface area contributed by atoms with Gasteiger partial charge in [0, 0.05) is 32.9 Å². The van der Waals surface area contributed by atoms with Gasteiger partial charge in [0.1, 0.15) is 17.7 Å². The first-order valence-electron chi connectivity index (χ1n) is 17.6. The van der Waals surface area contributed by atoms with Crippen molar-refractivity contribution in [2.45, 2.75) is 38.6 Å². The second-order valence-corrected chi connectivity index (χ2v) is 14.5. The average molecular weight is 675 g/mol. The molecular weight excluding hydrogens is 641 g/mol. The normalized spacial score (nSPS) is 15.3. The van der Waals surface area contributed by atoms with Gasteiger partial charge in [-0.15, -0.1) is 0 Å². The number of aromatic nitrogens is 6. The van der Waals surface area contributed by atoms with Crippen LogP contribution in [0.4, 0.5) is 11.4 Å². The van der Waals surface area contributed by atoms with Gasteiger partial charge in [0.2, 0.25) is 5.95 Å². The Labute approximate surface area is 301 Å². The van der Waals surface area contributed by atoms with E-state index in [0.29, 0.717) is 17.6 Å². The van der Waals surface area contributed by atoms with E-state index in [9.17, 15) is 0 Å². The van der Waals surface area contributed by atoms with Crippen molar-refractivity contribution < 1.29 is 0 Å². The molecule has 10 rings (SSSR count). The highest BCUT2D eigenvalue weighted by Gasteiger charge is 2.46. The van der Waals surface area contributed by atoms with Gasteiger partial charge in [0.25, 0.3) is 0 Å². The second kappa shape index (κ2) is 11.0. The molecule has 0 saturated heterocycles. The van der Waals surface area contributed by atoms with Crippen LogP contribution < -0.4 is 4.90 Å². The highest BCUT2D eigenvalue weighted by atomic mass is 15.3. The molecule has 8 aromatic rings. The van der Waals surface area contributed by atoms with Gasteiger partial charge in [-0.05, 0) is 51.5 Å². The number of rotatable bonds is 4. The Morgan fingerprint density at radius 3 is 1.90 bits per heavy atom. The minimum Gasteiger partial charge on any atom is -0.291 e. The van der Waals surface area contributed by atoms with Crippen molar-refractivity contribution in [3.8, 4) is 28.7 Å². The average Bonchev–Trinajstić information content (AvgIpc) is 3.52. The van der Waals surface area contributed by atoms with Crippen LogP contribution in [-0.2, 0) is 11.0 Å². The highest BCUT2D eigenvalue weighted by Crippen LogP contribution is 2.53. The minimum atomic E-state index is -0.606. The number of hydrogen-bond acceptors (Lipinski definition) is 7. The van der Waals surface area contributed by atoms with Crippen molar-refractivity contribution in [2.75, 3.05) is 4.90 Å². The lowest BCUT2D eigenvalue weighted by Crippen LogP contribution is -2.44. The first-order chi connectivity index (χ1) is 25.3. The lowest BCUT2D eigenvalue weighted by Gasteiger charge is -2.46. The van der Waals surface area contributed by atoms with Gasteiger partial charge < -0.3 is 0 Å². The van der Waals surface area contributed by atoms with Crippen LogP contribution in [-0.4, -0.2) is 35.3 Å². The molecule has 0 unspecified atom stereocenters. The molecule has 0 radical (unpaired) electrons. The van der Waals surface area contributed by atoms with Gasteiger partial charge in [0.15, 0.2) is 11.6 Å². The first kappa shape index (κ1) is 30.3. The van der Waals surface area contributed by atoms with Gasteiger partial charge in [-0.2, -0.15) is 9.97 Å². The summed E-state index contributed by atoms with van der Waals surface area (Å²) in [5.74, 6) is 2.63. The zero-order valence-electron chi connectivity index (χ0n) is 29.3. The molecule has 0 N–H and O–H groups in total. The van der Waals surface area contributed by atoms with Crippen LogP contribution in [0.5, 0.6) is 0 Å². The molecule has 0 fully saturated rings. The van der Waals surface area contributed by atoms with Gasteiger partial charge in [-0.25, -0.2) is 15.0 Å². The Bertz CT molecular complexity index is 2690. The standard InChI is InChI=1S/C44H34N8/c1-43(2)31-22-12-14-24-33(31)52-36-37(43)45-26-46-38(36)44(3,4)50-41(52)30-21-15-25-34-35(30)29-20-11-13-23-32(29)51(34)42-48-39(27-16-7-5-8-17-27)47-40(49-42)28-18-9-6-10-19-28/h5-26H,1-4H3. The third-order valence-corrected chi connectivity index (χ3v) is 10.5. The smallest absolute Gasteiger partial charge is 0.238 e. The summed E-state index contributed by atoms with van der Waals surface area (Å²) in [5, 5.41) is 2.15. The zero-order valence-corrected chi connectivity index (χ0v) is 29.3. The van der Waals surface area contributed by atoms with Crippen molar-refractivity contribution in [3.63, 3.8) is 0 Å². The van der Waals surface area contributed by atoms with E-state index in [2.05, 4.69) is 104 Å². The first-order valence-corrected chi connectivity index (χ1v) is 17.6. The quantitative estimate of drug-likeness (QED) is 0.185. The molecule has 0 aliphatic carbocycles. The van der Waals surface area contributed by atoms with Crippen molar-refractivity contribution in [2.24, 2.45) is 4.99 Å². The maximum absolute atomic E-state index is 5.55. The molecule has 0 atom stereocenters. The molecular formula is C44H34N8. The lowest BCUT2D eigenvalue weighted by atomic mass is 9.74. The van der Waals surface area contributed by atoms with E-state index in [1.807, 2.05) is 60.7 Å². The number of hydrogen-bond donors (Lipinski definition) is 0. The Morgan fingerprint density at radius 1 is 0.558 bits per heavy atom. The topological polar surface area (TPSA) is 85.0 Å². The molecule has 0 saturated carbocycles. The van der Waals surface area contributed by atoms with Gasteiger partial charge in [-0.1, -0.05) is 109 Å². The molecule has 52 heavy (non-hydrogen) atoms. The molecule has 8 nitrogen and oxygen atoms in total. The number of fused-ring (bicyclic) bond motifs is 5. The van der Waals surface area contributed by atoms with Crippen molar-refractivity contribution in [3.05, 3.63) is 156 Å². The molecule has 0 amide bonds. The molecule has 250 valence electrons. The third-order valence-electron chi connectivity index (χ3n) is 10.5. The Hall–Kier alpha value is -6.54. The van der Waals surface area contributed by atoms with Gasteiger partial charge >= 0.3 is 0 Å². The summed E-state index contributed by atoms with van der Waals surface area (Å²) < 4.78 is 2.17. The molecule has 5 heterocycles. The van der Waals surface area contributed by atoms with Crippen molar-refractivity contribution in [1.29, 1.82) is 0 Å². The minimum absolute atomic E-state index is 0.327. The van der Waals surface area contributed by atoms with E-state index < -0.39 is 5.54 Å². The van der Waals surface area contributed by atoms with Gasteiger partial charge in [-0.3, -0.25) is 14.5 Å². The van der Waals surface area contributed by atoms with E-state index in [-0.39, 0.29) is 5.41 Å². The number of anilines is 2. The monoisotopic (exact) mass is 674 g/mol. The molecule has 5 aromatic carbocycles. The lowest BCUT2D eigenvalue weighted by molar-refractivity contribution is 0.516. The fourth-order valence-corrected chi connectivity index (χ4v) is 8.03. The molecule has 0 spiro atoms. The summed E-state index contributed by atoms with van der Waals surface area (Å²) in [6.45, 7) is 8.79. The van der Waals surface area contributed by atoms with E-state index in [1.54, 1.807) is 6.33 Å². The Balaban J connectivity index is 1.27. The molecule has 2 aliphatic rings. The summed E-state index contributed by atoms with van der Waals surface area (Å²) in [5.41, 5.74) is 9.11. The number of aliphatic imine (C=N–C) groups is 1. The predicted octanol–water partition coefficient (Wildman–Crippen LogP) is 9.57. The van der Waals surface area contributed by atoms with Crippen LogP contribution in [0.2, 0.25) is 0 Å². The largest absolute Gasteiger partial charge is 0.291 e. The predicted molar refractivity (Wildman–Crippen MR) is 207 cm³/mol. The number of amidine groups is 1. The van der Waals surface area contributed by atoms with E-state index >= 15 is 0 Å². The molecule has 8 heteroatoms. The summed E-state index contributed by atoms with van der Waals surface area (Å²) in [6, 6.07) is 43.7. The van der Waals surface area contributed by atoms with E-state index in [1.165, 1.54) is 5.56 Å².